The van der Waals surface area contributed by atoms with Crippen LogP contribution in [0.25, 0.3) is 33.7 Å². The van der Waals surface area contributed by atoms with Crippen molar-refractivity contribution in [1.82, 2.24) is 31.9 Å². The third-order valence-corrected chi connectivity index (χ3v) is 13.4. The van der Waals surface area contributed by atoms with Crippen molar-refractivity contribution in [3.05, 3.63) is 229 Å². The molecule has 2 heterocycles. The monoisotopic (exact) mass is 996 g/mol. The molecule has 8 aromatic carbocycles. The Morgan fingerprint density at radius 1 is 0.444 bits per heavy atom. The number of nitrogens with zero attached hydrogens (tertiary/aromatic N) is 6. The van der Waals surface area contributed by atoms with Crippen molar-refractivity contribution in [3.8, 4) is 0 Å². The number of para-hydroxylation sites is 2. The molecule has 0 spiro atoms. The Labute approximate surface area is 415 Å². The summed E-state index contributed by atoms with van der Waals surface area (Å²) >= 11 is 0. The normalized spacial score (nSPS) is 13.8. The van der Waals surface area contributed by atoms with Gasteiger partial charge in [-0.15, -0.1) is 18.8 Å². The highest BCUT2D eigenvalue weighted by Gasteiger charge is 2.31. The number of fused-ring (bicyclic) bond motifs is 2. The highest BCUT2D eigenvalue weighted by molar-refractivity contribution is 7.87. The van der Waals surface area contributed by atoms with E-state index in [1.54, 1.807) is 60.7 Å². The van der Waals surface area contributed by atoms with Gasteiger partial charge < -0.3 is 10.6 Å². The first-order valence-corrected chi connectivity index (χ1v) is 25.1. The third-order valence-electron chi connectivity index (χ3n) is 10.9. The molecule has 10 rings (SSSR count). The van der Waals surface area contributed by atoms with Crippen LogP contribution in [-0.2, 0) is 28.8 Å². The van der Waals surface area contributed by atoms with Gasteiger partial charge in [0.2, 0.25) is 0 Å². The average molecular weight is 997 g/mol. The lowest BCUT2D eigenvalue weighted by Gasteiger charge is -2.33. The van der Waals surface area contributed by atoms with E-state index in [2.05, 4.69) is 42.5 Å². The lowest BCUT2D eigenvalue weighted by molar-refractivity contribution is -0.218. The van der Waals surface area contributed by atoms with Crippen LogP contribution >= 0.6 is 0 Å². The number of hydrogen-bond acceptors (Lipinski definition) is 18. The van der Waals surface area contributed by atoms with Crippen LogP contribution in [0.15, 0.2) is 238 Å². The van der Waals surface area contributed by atoms with E-state index in [0.717, 1.165) is 53.9 Å². The molecule has 0 radical (unpaired) electrons. The first-order chi connectivity index (χ1) is 35.1. The molecule has 0 bridgehead atoms. The van der Waals surface area contributed by atoms with Crippen LogP contribution in [0.5, 0.6) is 0 Å². The lowest BCUT2D eigenvalue weighted by atomic mass is 10.1. The van der Waals surface area contributed by atoms with Crippen LogP contribution in [0.1, 0.15) is 11.1 Å². The van der Waals surface area contributed by atoms with E-state index >= 15 is 0 Å². The maximum Gasteiger partial charge on any atom is 0.316 e. The molecule has 6 N–H and O–H groups in total. The van der Waals surface area contributed by atoms with Crippen molar-refractivity contribution in [2.45, 2.75) is 9.79 Å². The van der Waals surface area contributed by atoms with Crippen LogP contribution in [0.2, 0.25) is 0 Å². The first kappa shape index (κ1) is 46.7. The van der Waals surface area contributed by atoms with E-state index in [4.69, 9.17) is 8.57 Å². The van der Waals surface area contributed by atoms with Gasteiger partial charge in [0.25, 0.3) is 0 Å². The fourth-order valence-corrected chi connectivity index (χ4v) is 9.63. The summed E-state index contributed by atoms with van der Waals surface area (Å²) in [5, 5.41) is 22.4. The molecule has 0 atom stereocenters. The fraction of sp³-hybridized carbons (Fsp3) is 0. The summed E-state index contributed by atoms with van der Waals surface area (Å²) in [5.74, 6) is 0.911. The molecule has 0 saturated heterocycles. The van der Waals surface area contributed by atoms with Crippen LogP contribution in [0.3, 0.4) is 0 Å². The van der Waals surface area contributed by atoms with Crippen LogP contribution in [-0.4, -0.2) is 50.3 Å². The van der Waals surface area contributed by atoms with E-state index in [1.807, 2.05) is 133 Å². The minimum absolute atomic E-state index is 0.175. The Morgan fingerprint density at radius 2 is 0.819 bits per heavy atom. The zero-order valence-electron chi connectivity index (χ0n) is 37.9. The van der Waals surface area contributed by atoms with Gasteiger partial charge in [0.05, 0.1) is 34.4 Å². The predicted octanol–water partition coefficient (Wildman–Crippen LogP) is 9.41. The number of nitrogens with one attached hydrogen (secondary N) is 6. The van der Waals surface area contributed by atoms with Gasteiger partial charge in [0.15, 0.2) is 0 Å². The van der Waals surface area contributed by atoms with Crippen molar-refractivity contribution < 1.29 is 25.4 Å². The molecule has 0 aromatic heterocycles. The van der Waals surface area contributed by atoms with E-state index in [1.165, 1.54) is 36.7 Å². The molecule has 18 nitrogen and oxygen atoms in total. The average Bonchev–Trinajstić information content (AvgIpc) is 3.41. The summed E-state index contributed by atoms with van der Waals surface area (Å²) < 4.78 is 70.1. The summed E-state index contributed by atoms with van der Waals surface area (Å²) in [7, 11) is -9.41. The van der Waals surface area contributed by atoms with Crippen LogP contribution < -0.4 is 32.3 Å². The molecular weight excluding hydrogens is 953 g/mol. The second-order valence-electron chi connectivity index (χ2n) is 15.8. The molecule has 0 aliphatic carbocycles. The molecule has 0 fully saturated rings. The van der Waals surface area contributed by atoms with Crippen LogP contribution in [0.4, 0.5) is 22.7 Å². The van der Waals surface area contributed by atoms with E-state index < -0.39 is 20.2 Å². The highest BCUT2D eigenvalue weighted by Crippen LogP contribution is 2.30. The molecule has 2 aliphatic rings. The number of hydrazone groups is 2. The maximum atomic E-state index is 14.6. The molecule has 360 valence electrons. The third kappa shape index (κ3) is 10.9. The Hall–Kier alpha value is -9.02. The predicted molar refractivity (Wildman–Crippen MR) is 280 cm³/mol. The smallest absolute Gasteiger partial charge is 0.316 e. The van der Waals surface area contributed by atoms with Gasteiger partial charge in [0.1, 0.15) is 21.4 Å². The highest BCUT2D eigenvalue weighted by atomic mass is 32.2. The van der Waals surface area contributed by atoms with Gasteiger partial charge in [-0.1, -0.05) is 168 Å². The number of rotatable bonds is 18. The minimum Gasteiger partial charge on any atom is -0.341 e. The summed E-state index contributed by atoms with van der Waals surface area (Å²) in [6.07, 6.45) is 9.23. The number of benzene rings is 8. The number of anilines is 4. The number of allylic oxidation sites excluding steroid dienone is 2. The molecule has 0 amide bonds. The maximum absolute atomic E-state index is 14.6. The van der Waals surface area contributed by atoms with Crippen molar-refractivity contribution in [2.75, 3.05) is 21.5 Å². The topological polar surface area (TPSA) is 197 Å². The minimum atomic E-state index is -4.71. The fourth-order valence-electron chi connectivity index (χ4n) is 7.55. The molecular formula is C52H44N12O6S2. The van der Waals surface area contributed by atoms with E-state index in [0.29, 0.717) is 23.0 Å². The zero-order valence-corrected chi connectivity index (χ0v) is 39.5. The Balaban J connectivity index is 0.932. The Morgan fingerprint density at radius 3 is 1.26 bits per heavy atom. The molecule has 0 unspecified atom stereocenters. The second-order valence-corrected chi connectivity index (χ2v) is 18.8. The zero-order chi connectivity index (χ0) is 49.3. The Kier molecular flexibility index (Phi) is 13.6. The van der Waals surface area contributed by atoms with Crippen LogP contribution in [0, 0.1) is 0 Å². The summed E-state index contributed by atoms with van der Waals surface area (Å²) in [5.41, 5.74) is 15.1. The largest absolute Gasteiger partial charge is 0.341 e. The van der Waals surface area contributed by atoms with Gasteiger partial charge in [-0.05, 0) is 70.4 Å². The molecule has 8 aromatic rings. The summed E-state index contributed by atoms with van der Waals surface area (Å²) in [6, 6.07) is 57.3. The van der Waals surface area contributed by atoms with E-state index in [-0.39, 0.29) is 20.9 Å². The van der Waals surface area contributed by atoms with Gasteiger partial charge in [-0.25, -0.2) is 10.9 Å². The SMILES string of the molecule is O=S(=O)(ON(Nc1cccc2ccccc12)N1N=CC=C(Nc2ccccc2)N1)c1ccccc1/C=C/c1ccccc1S(=O)(=O)ON(Nc1cccc2ccccc12)N1N=CC=C(Nc2ccccc2)N1. The van der Waals surface area contributed by atoms with Gasteiger partial charge in [0, 0.05) is 34.3 Å². The quantitative estimate of drug-likeness (QED) is 0.0351. The van der Waals surface area contributed by atoms with Crippen molar-refractivity contribution in [1.29, 1.82) is 0 Å². The number of hydrazine groups is 6. The van der Waals surface area contributed by atoms with Gasteiger partial charge in [-0.2, -0.15) is 16.8 Å². The first-order valence-electron chi connectivity index (χ1n) is 22.3. The molecule has 72 heavy (non-hydrogen) atoms. The van der Waals surface area contributed by atoms with Gasteiger partial charge in [-0.3, -0.25) is 10.9 Å². The van der Waals surface area contributed by atoms with Crippen molar-refractivity contribution in [3.63, 3.8) is 0 Å². The second kappa shape index (κ2) is 20.9. The summed E-state index contributed by atoms with van der Waals surface area (Å²) in [6.45, 7) is 0. The van der Waals surface area contributed by atoms with Crippen molar-refractivity contribution in [2.24, 2.45) is 10.2 Å². The standard InChI is InChI=1S/C52H44N12O6S2/c65-71(66,69-63(57-47-29-15-21-39-17-7-11-27-45(39)47)61-53-37-35-51(59-61)55-43-23-3-1-4-24-43)49-31-13-9-19-41(49)33-34-42-20-10-14-32-50(42)72(67,68)70-64(58-48-30-16-22-40-18-8-12-28-46(40)48)62-54-38-36-52(60-62)56-44-25-5-2-6-26-44/h1-38,55-60H/b34-33+. The molecule has 2 aliphatic heterocycles. The van der Waals surface area contributed by atoms with E-state index in [9.17, 15) is 16.8 Å². The Bertz CT molecular complexity index is 3390. The molecule has 20 heteroatoms. The lowest BCUT2D eigenvalue weighted by Crippen LogP contribution is -2.52. The van der Waals surface area contributed by atoms with Crippen molar-refractivity contribution >= 4 is 89.1 Å². The number of hydrogen-bond donors (Lipinski definition) is 6. The summed E-state index contributed by atoms with van der Waals surface area (Å²) in [4.78, 5) is -0.483. The van der Waals surface area contributed by atoms with Gasteiger partial charge >= 0.3 is 20.2 Å². The molecule has 0 saturated carbocycles.